The third-order valence-corrected chi connectivity index (χ3v) is 6.76. The number of aryl methyl sites for hydroxylation is 3. The van der Waals surface area contributed by atoms with E-state index >= 15 is 0 Å². The van der Waals surface area contributed by atoms with Crippen LogP contribution in [0.2, 0.25) is 0 Å². The lowest BCUT2D eigenvalue weighted by Gasteiger charge is -2.07. The number of aromatic amines is 1. The maximum absolute atomic E-state index is 8.17. The highest BCUT2D eigenvalue weighted by Gasteiger charge is 2.18. The molecule has 152 valence electrons. The summed E-state index contributed by atoms with van der Waals surface area (Å²) in [5.41, 5.74) is 4.03. The molecule has 3 heterocycles. The molecule has 0 spiro atoms. The standard InChI is InChI=1S/C21H18BrN5O2S/c1-12-2-4-13(5-3-12)6-7-27-10-24-19(23)18-20(27)26-21(25-18)30-17-9-16-15(8-14(17)22)28-11-29-16/h2-5,8-10,23H,6-7,11H2,1H3,(H,25,26). The highest BCUT2D eigenvalue weighted by atomic mass is 79.9. The minimum Gasteiger partial charge on any atom is -0.454 e. The first-order valence-corrected chi connectivity index (χ1v) is 11.0. The average Bonchev–Trinajstić information content (AvgIpc) is 3.36. The Labute approximate surface area is 185 Å². The van der Waals surface area contributed by atoms with Crippen molar-refractivity contribution in [2.24, 2.45) is 0 Å². The Morgan fingerprint density at radius 2 is 1.97 bits per heavy atom. The number of hydrogen-bond donors (Lipinski definition) is 2. The lowest BCUT2D eigenvalue weighted by atomic mass is 10.1. The molecule has 0 bridgehead atoms. The summed E-state index contributed by atoms with van der Waals surface area (Å²) < 4.78 is 13.8. The molecular weight excluding hydrogens is 466 g/mol. The number of imidazole rings is 1. The van der Waals surface area contributed by atoms with Crippen molar-refractivity contribution in [2.45, 2.75) is 29.9 Å². The van der Waals surface area contributed by atoms with Crippen LogP contribution in [0.1, 0.15) is 11.1 Å². The van der Waals surface area contributed by atoms with Gasteiger partial charge in [0, 0.05) is 15.9 Å². The number of benzene rings is 2. The fourth-order valence-corrected chi connectivity index (χ4v) is 4.64. The van der Waals surface area contributed by atoms with E-state index in [1.165, 1.54) is 22.9 Å². The molecule has 0 aliphatic carbocycles. The van der Waals surface area contributed by atoms with Crippen LogP contribution in [0, 0.1) is 12.3 Å². The van der Waals surface area contributed by atoms with Gasteiger partial charge in [-0.2, -0.15) is 0 Å². The van der Waals surface area contributed by atoms with Gasteiger partial charge in [-0.15, -0.1) is 0 Å². The van der Waals surface area contributed by atoms with Crippen molar-refractivity contribution in [2.75, 3.05) is 6.79 Å². The Kier molecular flexibility index (Phi) is 5.00. The van der Waals surface area contributed by atoms with Crippen molar-refractivity contribution in [3.63, 3.8) is 0 Å². The first-order chi connectivity index (χ1) is 14.6. The van der Waals surface area contributed by atoms with Crippen molar-refractivity contribution < 1.29 is 9.47 Å². The third kappa shape index (κ3) is 3.70. The van der Waals surface area contributed by atoms with Gasteiger partial charge < -0.3 is 19.0 Å². The Bertz CT molecular complexity index is 1300. The van der Waals surface area contributed by atoms with Crippen LogP contribution >= 0.6 is 27.7 Å². The minimum atomic E-state index is 0.181. The highest BCUT2D eigenvalue weighted by molar-refractivity contribution is 9.10. The van der Waals surface area contributed by atoms with E-state index in [9.17, 15) is 0 Å². The molecule has 0 saturated heterocycles. The molecule has 30 heavy (non-hydrogen) atoms. The van der Waals surface area contributed by atoms with Crippen molar-refractivity contribution in [3.05, 3.63) is 63.8 Å². The van der Waals surface area contributed by atoms with Crippen LogP contribution < -0.4 is 15.0 Å². The highest BCUT2D eigenvalue weighted by Crippen LogP contribution is 2.42. The number of nitrogens with one attached hydrogen (secondary N) is 2. The maximum atomic E-state index is 8.17. The van der Waals surface area contributed by atoms with Crippen LogP contribution in [0.25, 0.3) is 11.2 Å². The van der Waals surface area contributed by atoms with Gasteiger partial charge in [-0.05, 0) is 47.0 Å². The summed E-state index contributed by atoms with van der Waals surface area (Å²) >= 11 is 5.05. The van der Waals surface area contributed by atoms with Gasteiger partial charge in [0.15, 0.2) is 27.8 Å². The summed E-state index contributed by atoms with van der Waals surface area (Å²) in [7, 11) is 0. The van der Waals surface area contributed by atoms with Crippen LogP contribution in [0.5, 0.6) is 11.5 Å². The number of hydrogen-bond acceptors (Lipinski definition) is 6. The number of nitrogens with zero attached hydrogens (tertiary/aromatic N) is 3. The summed E-state index contributed by atoms with van der Waals surface area (Å²) in [4.78, 5) is 13.2. The van der Waals surface area contributed by atoms with E-state index in [-0.39, 0.29) is 12.3 Å². The SMILES string of the molecule is Cc1ccc(CCn2cnc(=N)c3[nH]c(Sc4cc5c(cc4Br)OCO5)nc32)cc1. The molecule has 0 radical (unpaired) electrons. The molecule has 2 aromatic heterocycles. The number of rotatable bonds is 5. The molecule has 5 rings (SSSR count). The molecule has 0 saturated carbocycles. The van der Waals surface area contributed by atoms with E-state index in [0.717, 1.165) is 33.7 Å². The van der Waals surface area contributed by atoms with Crippen LogP contribution in [0.4, 0.5) is 0 Å². The first kappa shape index (κ1) is 19.2. The summed E-state index contributed by atoms with van der Waals surface area (Å²) in [6.45, 7) is 3.05. The van der Waals surface area contributed by atoms with Gasteiger partial charge in [-0.1, -0.05) is 41.6 Å². The molecule has 7 nitrogen and oxygen atoms in total. The van der Waals surface area contributed by atoms with Crippen molar-refractivity contribution >= 4 is 38.9 Å². The molecular formula is C21H18BrN5O2S. The monoisotopic (exact) mass is 483 g/mol. The third-order valence-electron chi connectivity index (χ3n) is 4.89. The number of H-pyrrole nitrogens is 1. The zero-order valence-electron chi connectivity index (χ0n) is 16.1. The summed E-state index contributed by atoms with van der Waals surface area (Å²) in [6.07, 6.45) is 2.55. The number of fused-ring (bicyclic) bond motifs is 2. The average molecular weight is 484 g/mol. The van der Waals surface area contributed by atoms with Crippen LogP contribution in [0.3, 0.4) is 0 Å². The lowest BCUT2D eigenvalue weighted by molar-refractivity contribution is 0.174. The van der Waals surface area contributed by atoms with Crippen LogP contribution in [-0.4, -0.2) is 26.3 Å². The Hall–Kier alpha value is -2.78. The van der Waals surface area contributed by atoms with Gasteiger partial charge in [0.05, 0.1) is 6.33 Å². The van der Waals surface area contributed by atoms with Crippen molar-refractivity contribution in [1.29, 1.82) is 5.41 Å². The fraction of sp³-hybridized carbons (Fsp3) is 0.190. The molecule has 0 atom stereocenters. The van der Waals surface area contributed by atoms with Gasteiger partial charge in [-0.25, -0.2) is 9.97 Å². The molecule has 0 unspecified atom stereocenters. The summed E-state index contributed by atoms with van der Waals surface area (Å²) in [5, 5.41) is 8.86. The topological polar surface area (TPSA) is 88.8 Å². The zero-order valence-corrected chi connectivity index (χ0v) is 18.5. The predicted molar refractivity (Wildman–Crippen MR) is 117 cm³/mol. The van der Waals surface area contributed by atoms with E-state index in [4.69, 9.17) is 19.9 Å². The second-order valence-electron chi connectivity index (χ2n) is 7.00. The predicted octanol–water partition coefficient (Wildman–Crippen LogP) is 4.43. The Morgan fingerprint density at radius 1 is 1.20 bits per heavy atom. The van der Waals surface area contributed by atoms with Gasteiger partial charge >= 0.3 is 0 Å². The van der Waals surface area contributed by atoms with E-state index in [1.807, 2.05) is 16.7 Å². The number of halogens is 1. The zero-order chi connectivity index (χ0) is 20.7. The van der Waals surface area contributed by atoms with E-state index < -0.39 is 0 Å². The number of aromatic nitrogens is 4. The first-order valence-electron chi connectivity index (χ1n) is 9.39. The van der Waals surface area contributed by atoms with Crippen LogP contribution in [-0.2, 0) is 13.0 Å². The van der Waals surface area contributed by atoms with Crippen molar-refractivity contribution in [1.82, 2.24) is 19.5 Å². The fourth-order valence-electron chi connectivity index (χ4n) is 3.26. The smallest absolute Gasteiger partial charge is 0.231 e. The van der Waals surface area contributed by atoms with Crippen LogP contribution in [0.15, 0.2) is 57.3 Å². The van der Waals surface area contributed by atoms with Gasteiger partial charge in [0.1, 0.15) is 5.52 Å². The molecule has 0 amide bonds. The molecule has 1 aliphatic heterocycles. The molecule has 4 aromatic rings. The molecule has 2 N–H and O–H groups in total. The van der Waals surface area contributed by atoms with Gasteiger partial charge in [0.2, 0.25) is 6.79 Å². The normalized spacial score (nSPS) is 12.6. The molecule has 2 aromatic carbocycles. The molecule has 9 heteroatoms. The summed E-state index contributed by atoms with van der Waals surface area (Å²) in [6, 6.07) is 12.3. The molecule has 1 aliphatic rings. The quantitative estimate of drug-likeness (QED) is 0.438. The Morgan fingerprint density at radius 3 is 2.77 bits per heavy atom. The molecule has 0 fully saturated rings. The second-order valence-corrected chi connectivity index (χ2v) is 8.89. The number of ether oxygens (including phenoxy) is 2. The minimum absolute atomic E-state index is 0.181. The van der Waals surface area contributed by atoms with E-state index in [2.05, 4.69) is 57.1 Å². The summed E-state index contributed by atoms with van der Waals surface area (Å²) in [5.74, 6) is 1.44. The maximum Gasteiger partial charge on any atom is 0.231 e. The largest absolute Gasteiger partial charge is 0.454 e. The lowest BCUT2D eigenvalue weighted by Crippen LogP contribution is -2.13. The Balaban J connectivity index is 1.44. The van der Waals surface area contributed by atoms with Gasteiger partial charge in [-0.3, -0.25) is 5.41 Å². The second kappa shape index (κ2) is 7.81. The van der Waals surface area contributed by atoms with E-state index in [0.29, 0.717) is 16.4 Å². The van der Waals surface area contributed by atoms with Crippen molar-refractivity contribution in [3.8, 4) is 11.5 Å². The van der Waals surface area contributed by atoms with Gasteiger partial charge in [0.25, 0.3) is 0 Å². The van der Waals surface area contributed by atoms with E-state index in [1.54, 1.807) is 6.33 Å².